The van der Waals surface area contributed by atoms with E-state index in [1.807, 2.05) is 0 Å². The first kappa shape index (κ1) is 9.97. The van der Waals surface area contributed by atoms with Gasteiger partial charge >= 0.3 is 5.97 Å². The number of aliphatic carboxylic acids is 1. The number of carboxylic acids is 1. The predicted octanol–water partition coefficient (Wildman–Crippen LogP) is 1.62. The Bertz CT molecular complexity index is 241. The lowest BCUT2D eigenvalue weighted by atomic mass is 9.56. The van der Waals surface area contributed by atoms with Crippen molar-refractivity contribution in [2.45, 2.75) is 38.5 Å². The molecule has 3 N–H and O–H groups in total. The second-order valence-electron chi connectivity index (χ2n) is 5.11. The van der Waals surface area contributed by atoms with Crippen LogP contribution < -0.4 is 5.73 Å². The van der Waals surface area contributed by atoms with Crippen molar-refractivity contribution in [2.75, 3.05) is 6.54 Å². The molecule has 80 valence electrons. The lowest BCUT2D eigenvalue weighted by Gasteiger charge is -2.49. The van der Waals surface area contributed by atoms with Gasteiger partial charge in [0.1, 0.15) is 0 Å². The Morgan fingerprint density at radius 1 is 1.36 bits per heavy atom. The summed E-state index contributed by atoms with van der Waals surface area (Å²) < 4.78 is 0. The normalized spacial score (nSPS) is 41.2. The number of carbonyl (C=O) groups is 1. The largest absolute Gasteiger partial charge is 0.481 e. The zero-order valence-electron chi connectivity index (χ0n) is 8.54. The minimum absolute atomic E-state index is 0.0760. The third-order valence-corrected chi connectivity index (χ3v) is 4.27. The molecule has 2 saturated carbocycles. The SMILES string of the molecule is NC[C@]1(CC(=O)O)CC[C@H]2CCC2C1. The third kappa shape index (κ3) is 1.65. The van der Waals surface area contributed by atoms with Crippen molar-refractivity contribution < 1.29 is 9.90 Å². The van der Waals surface area contributed by atoms with Gasteiger partial charge in [0.25, 0.3) is 0 Å². The van der Waals surface area contributed by atoms with Crippen molar-refractivity contribution in [3.63, 3.8) is 0 Å². The van der Waals surface area contributed by atoms with Gasteiger partial charge in [-0.3, -0.25) is 4.79 Å². The molecule has 14 heavy (non-hydrogen) atoms. The van der Waals surface area contributed by atoms with Gasteiger partial charge in [-0.05, 0) is 55.9 Å². The van der Waals surface area contributed by atoms with Crippen molar-refractivity contribution in [3.8, 4) is 0 Å². The van der Waals surface area contributed by atoms with Crippen LogP contribution in [0.3, 0.4) is 0 Å². The van der Waals surface area contributed by atoms with Crippen LogP contribution in [0.2, 0.25) is 0 Å². The van der Waals surface area contributed by atoms with Crippen LogP contribution in [-0.2, 0) is 4.79 Å². The van der Waals surface area contributed by atoms with E-state index >= 15 is 0 Å². The van der Waals surface area contributed by atoms with E-state index in [-0.39, 0.29) is 11.8 Å². The summed E-state index contributed by atoms with van der Waals surface area (Å²) >= 11 is 0. The molecule has 0 saturated heterocycles. The van der Waals surface area contributed by atoms with E-state index in [2.05, 4.69) is 0 Å². The highest BCUT2D eigenvalue weighted by Gasteiger charge is 2.44. The number of nitrogens with two attached hydrogens (primary N) is 1. The van der Waals surface area contributed by atoms with E-state index in [1.165, 1.54) is 19.3 Å². The number of hydrogen-bond donors (Lipinski definition) is 2. The summed E-state index contributed by atoms with van der Waals surface area (Å²) in [7, 11) is 0. The molecule has 2 aliphatic rings. The van der Waals surface area contributed by atoms with E-state index in [1.54, 1.807) is 0 Å². The van der Waals surface area contributed by atoms with Gasteiger partial charge in [-0.1, -0.05) is 0 Å². The summed E-state index contributed by atoms with van der Waals surface area (Å²) in [5.41, 5.74) is 5.68. The molecule has 2 fully saturated rings. The zero-order valence-corrected chi connectivity index (χ0v) is 8.54. The van der Waals surface area contributed by atoms with Gasteiger partial charge < -0.3 is 10.8 Å². The van der Waals surface area contributed by atoms with Crippen molar-refractivity contribution in [2.24, 2.45) is 23.0 Å². The van der Waals surface area contributed by atoms with Gasteiger partial charge in [-0.15, -0.1) is 0 Å². The summed E-state index contributed by atoms with van der Waals surface area (Å²) in [6.45, 7) is 0.544. The maximum absolute atomic E-state index is 10.8. The molecule has 0 aromatic rings. The minimum Gasteiger partial charge on any atom is -0.481 e. The zero-order chi connectivity index (χ0) is 10.2. The Kier molecular flexibility index (Phi) is 2.52. The van der Waals surface area contributed by atoms with Crippen LogP contribution in [0, 0.1) is 17.3 Å². The summed E-state index contributed by atoms with van der Waals surface area (Å²) in [4.78, 5) is 10.8. The third-order valence-electron chi connectivity index (χ3n) is 4.27. The van der Waals surface area contributed by atoms with Crippen LogP contribution in [0.1, 0.15) is 38.5 Å². The van der Waals surface area contributed by atoms with E-state index in [0.29, 0.717) is 6.54 Å². The standard InChI is InChI=1S/C11H19NO2/c12-7-11(6-10(13)14)4-3-8-1-2-9(8)5-11/h8-9H,1-7,12H2,(H,13,14)/t8-,9?,11-/m1/s1. The van der Waals surface area contributed by atoms with Gasteiger partial charge in [-0.2, -0.15) is 0 Å². The first-order valence-electron chi connectivity index (χ1n) is 5.57. The predicted molar refractivity (Wildman–Crippen MR) is 53.8 cm³/mol. The minimum atomic E-state index is -0.687. The molecule has 0 spiro atoms. The van der Waals surface area contributed by atoms with Gasteiger partial charge in [0.2, 0.25) is 0 Å². The van der Waals surface area contributed by atoms with Gasteiger partial charge in [0.05, 0.1) is 6.42 Å². The topological polar surface area (TPSA) is 63.3 Å². The molecule has 2 aliphatic carbocycles. The quantitative estimate of drug-likeness (QED) is 0.722. The van der Waals surface area contributed by atoms with E-state index < -0.39 is 5.97 Å². The van der Waals surface area contributed by atoms with Gasteiger partial charge in [0, 0.05) is 0 Å². The second-order valence-corrected chi connectivity index (χ2v) is 5.11. The average Bonchev–Trinajstić information content (AvgIpc) is 2.09. The molecule has 0 bridgehead atoms. The monoisotopic (exact) mass is 197 g/mol. The van der Waals surface area contributed by atoms with E-state index in [9.17, 15) is 4.79 Å². The Hall–Kier alpha value is -0.570. The molecule has 0 heterocycles. The number of hydrogen-bond acceptors (Lipinski definition) is 2. The molecular formula is C11H19NO2. The fraction of sp³-hybridized carbons (Fsp3) is 0.909. The lowest BCUT2D eigenvalue weighted by Crippen LogP contribution is -2.44. The second kappa shape index (κ2) is 3.54. The van der Waals surface area contributed by atoms with Crippen molar-refractivity contribution in [1.82, 2.24) is 0 Å². The molecule has 0 aromatic heterocycles. The van der Waals surface area contributed by atoms with E-state index in [4.69, 9.17) is 10.8 Å². The molecule has 3 nitrogen and oxygen atoms in total. The highest BCUT2D eigenvalue weighted by atomic mass is 16.4. The van der Waals surface area contributed by atoms with Gasteiger partial charge in [0.15, 0.2) is 0 Å². The maximum Gasteiger partial charge on any atom is 0.303 e. The summed E-state index contributed by atoms with van der Waals surface area (Å²) in [5, 5.41) is 8.88. The highest BCUT2D eigenvalue weighted by molar-refractivity contribution is 5.67. The average molecular weight is 197 g/mol. The number of fused-ring (bicyclic) bond motifs is 1. The van der Waals surface area contributed by atoms with Crippen molar-refractivity contribution in [3.05, 3.63) is 0 Å². The number of rotatable bonds is 3. The Morgan fingerprint density at radius 3 is 2.50 bits per heavy atom. The first-order chi connectivity index (χ1) is 6.65. The first-order valence-corrected chi connectivity index (χ1v) is 5.57. The van der Waals surface area contributed by atoms with Crippen LogP contribution in [0.15, 0.2) is 0 Å². The fourth-order valence-corrected chi connectivity index (χ4v) is 3.18. The molecule has 0 radical (unpaired) electrons. The van der Waals surface area contributed by atoms with Gasteiger partial charge in [-0.25, -0.2) is 0 Å². The van der Waals surface area contributed by atoms with Crippen molar-refractivity contribution >= 4 is 5.97 Å². The maximum atomic E-state index is 10.8. The molecule has 0 amide bonds. The van der Waals surface area contributed by atoms with Crippen LogP contribution >= 0.6 is 0 Å². The van der Waals surface area contributed by atoms with Crippen LogP contribution in [0.4, 0.5) is 0 Å². The van der Waals surface area contributed by atoms with E-state index in [0.717, 1.165) is 24.7 Å². The molecule has 3 heteroatoms. The highest BCUT2D eigenvalue weighted by Crippen LogP contribution is 2.52. The van der Waals surface area contributed by atoms with Crippen LogP contribution in [0.5, 0.6) is 0 Å². The lowest BCUT2D eigenvalue weighted by molar-refractivity contribution is -0.141. The van der Waals surface area contributed by atoms with Crippen LogP contribution in [-0.4, -0.2) is 17.6 Å². The summed E-state index contributed by atoms with van der Waals surface area (Å²) in [6, 6.07) is 0. The molecule has 0 aromatic carbocycles. The summed E-state index contributed by atoms with van der Waals surface area (Å²) in [5.74, 6) is 0.989. The molecule has 3 atom stereocenters. The Morgan fingerprint density at radius 2 is 2.07 bits per heavy atom. The Balaban J connectivity index is 2.01. The fourth-order valence-electron chi connectivity index (χ4n) is 3.18. The molecular weight excluding hydrogens is 178 g/mol. The Labute approximate surface area is 84.7 Å². The smallest absolute Gasteiger partial charge is 0.303 e. The molecule has 2 rings (SSSR count). The number of carboxylic acid groups (broad SMARTS) is 1. The summed E-state index contributed by atoms with van der Waals surface area (Å²) in [6.07, 6.45) is 6.21. The molecule has 1 unspecified atom stereocenters. The molecule has 0 aliphatic heterocycles. The van der Waals surface area contributed by atoms with Crippen molar-refractivity contribution in [1.29, 1.82) is 0 Å². The van der Waals surface area contributed by atoms with Crippen LogP contribution in [0.25, 0.3) is 0 Å².